The molecule has 0 unspecified atom stereocenters. The van der Waals surface area contributed by atoms with Crippen LogP contribution in [0.25, 0.3) is 11.3 Å². The fourth-order valence-electron chi connectivity index (χ4n) is 4.54. The topological polar surface area (TPSA) is 73.0 Å². The van der Waals surface area contributed by atoms with Crippen LogP contribution in [-0.4, -0.2) is 26.9 Å². The first-order chi connectivity index (χ1) is 11.5. The SMILES string of the molecule is Cc1c(-c2cc(C(=O)N[C@H](C)[C@@H]3C[C@H]4CC[C@H]3C4)no2)cnn1C. The maximum absolute atomic E-state index is 12.5. The van der Waals surface area contributed by atoms with E-state index in [1.54, 1.807) is 16.9 Å². The molecular weight excluding hydrogens is 304 g/mol. The molecule has 0 aliphatic heterocycles. The third kappa shape index (κ3) is 2.54. The number of nitrogens with one attached hydrogen (secondary N) is 1. The van der Waals surface area contributed by atoms with Crippen molar-refractivity contribution in [2.75, 3.05) is 0 Å². The summed E-state index contributed by atoms with van der Waals surface area (Å²) in [5.74, 6) is 2.71. The van der Waals surface area contributed by atoms with E-state index in [-0.39, 0.29) is 11.9 Å². The second-order valence-corrected chi connectivity index (χ2v) is 7.44. The monoisotopic (exact) mass is 328 g/mol. The molecule has 0 spiro atoms. The van der Waals surface area contributed by atoms with E-state index in [1.807, 2.05) is 14.0 Å². The van der Waals surface area contributed by atoms with Crippen molar-refractivity contribution in [3.8, 4) is 11.3 Å². The molecule has 0 saturated heterocycles. The summed E-state index contributed by atoms with van der Waals surface area (Å²) in [6, 6.07) is 1.89. The van der Waals surface area contributed by atoms with Crippen LogP contribution >= 0.6 is 0 Å². The van der Waals surface area contributed by atoms with Crippen LogP contribution in [0.3, 0.4) is 0 Å². The van der Waals surface area contributed by atoms with Gasteiger partial charge in [0.25, 0.3) is 5.91 Å². The lowest BCUT2D eigenvalue weighted by Gasteiger charge is -2.28. The van der Waals surface area contributed by atoms with Crippen molar-refractivity contribution >= 4 is 5.91 Å². The van der Waals surface area contributed by atoms with E-state index < -0.39 is 0 Å². The van der Waals surface area contributed by atoms with E-state index in [0.717, 1.165) is 23.1 Å². The zero-order valence-electron chi connectivity index (χ0n) is 14.5. The van der Waals surface area contributed by atoms with E-state index >= 15 is 0 Å². The van der Waals surface area contributed by atoms with Crippen molar-refractivity contribution in [1.29, 1.82) is 0 Å². The van der Waals surface area contributed by atoms with Gasteiger partial charge in [0.2, 0.25) is 0 Å². The Kier molecular flexibility index (Phi) is 3.70. The summed E-state index contributed by atoms with van der Waals surface area (Å²) in [5.41, 5.74) is 2.18. The maximum atomic E-state index is 12.5. The van der Waals surface area contributed by atoms with Crippen LogP contribution in [-0.2, 0) is 7.05 Å². The molecule has 4 rings (SSSR count). The quantitative estimate of drug-likeness (QED) is 0.936. The van der Waals surface area contributed by atoms with Gasteiger partial charge in [-0.15, -0.1) is 0 Å². The summed E-state index contributed by atoms with van der Waals surface area (Å²) in [4.78, 5) is 12.5. The van der Waals surface area contributed by atoms with E-state index in [0.29, 0.717) is 17.4 Å². The first-order valence-electron chi connectivity index (χ1n) is 8.79. The average Bonchev–Trinajstić information content (AvgIpc) is 3.32. The molecule has 2 heterocycles. The summed E-state index contributed by atoms with van der Waals surface area (Å²) in [6.45, 7) is 4.08. The van der Waals surface area contributed by atoms with Gasteiger partial charge in [0.1, 0.15) is 0 Å². The zero-order valence-corrected chi connectivity index (χ0v) is 14.5. The van der Waals surface area contributed by atoms with E-state index in [1.165, 1.54) is 25.7 Å². The summed E-state index contributed by atoms with van der Waals surface area (Å²) >= 11 is 0. The fraction of sp³-hybridized carbons (Fsp3) is 0.611. The number of aromatic nitrogens is 3. The summed E-state index contributed by atoms with van der Waals surface area (Å²) < 4.78 is 7.13. The highest BCUT2D eigenvalue weighted by Crippen LogP contribution is 2.49. The molecule has 2 aromatic rings. The Labute approximate surface area is 141 Å². The van der Waals surface area contributed by atoms with Crippen LogP contribution < -0.4 is 5.32 Å². The van der Waals surface area contributed by atoms with Gasteiger partial charge in [-0.3, -0.25) is 9.48 Å². The molecule has 24 heavy (non-hydrogen) atoms. The maximum Gasteiger partial charge on any atom is 0.273 e. The van der Waals surface area contributed by atoms with Crippen molar-refractivity contribution in [3.05, 3.63) is 23.7 Å². The van der Waals surface area contributed by atoms with Crippen molar-refractivity contribution < 1.29 is 9.32 Å². The third-order valence-corrected chi connectivity index (χ3v) is 6.04. The molecule has 1 amide bonds. The Balaban J connectivity index is 1.44. The number of hydrogen-bond acceptors (Lipinski definition) is 4. The Morgan fingerprint density at radius 1 is 1.42 bits per heavy atom. The Bertz CT molecular complexity index is 763. The summed E-state index contributed by atoms with van der Waals surface area (Å²) in [7, 11) is 1.87. The molecule has 128 valence electrons. The summed E-state index contributed by atoms with van der Waals surface area (Å²) in [5, 5.41) is 11.3. The highest BCUT2D eigenvalue weighted by atomic mass is 16.5. The van der Waals surface area contributed by atoms with Crippen LogP contribution in [0.1, 0.15) is 48.8 Å². The molecule has 2 aromatic heterocycles. The molecule has 0 aromatic carbocycles. The van der Waals surface area contributed by atoms with E-state index in [4.69, 9.17) is 4.52 Å². The van der Waals surface area contributed by atoms with E-state index in [9.17, 15) is 4.79 Å². The minimum Gasteiger partial charge on any atom is -0.355 e. The van der Waals surface area contributed by atoms with Crippen LogP contribution in [0.2, 0.25) is 0 Å². The molecule has 6 nitrogen and oxygen atoms in total. The van der Waals surface area contributed by atoms with Gasteiger partial charge in [-0.2, -0.15) is 5.10 Å². The van der Waals surface area contributed by atoms with Gasteiger partial charge in [-0.25, -0.2) is 0 Å². The lowest BCUT2D eigenvalue weighted by atomic mass is 9.84. The number of carbonyl (C=O) groups is 1. The Morgan fingerprint density at radius 3 is 2.88 bits per heavy atom. The van der Waals surface area contributed by atoms with Crippen molar-refractivity contribution in [2.24, 2.45) is 24.8 Å². The van der Waals surface area contributed by atoms with Gasteiger partial charge in [0.05, 0.1) is 11.8 Å². The number of rotatable bonds is 4. The smallest absolute Gasteiger partial charge is 0.273 e. The lowest BCUT2D eigenvalue weighted by Crippen LogP contribution is -2.40. The summed E-state index contributed by atoms with van der Waals surface area (Å²) in [6.07, 6.45) is 7.03. The molecule has 0 radical (unpaired) electrons. The van der Waals surface area contributed by atoms with Crippen LogP contribution in [0, 0.1) is 24.7 Å². The largest absolute Gasteiger partial charge is 0.355 e. The van der Waals surface area contributed by atoms with Gasteiger partial charge in [-0.1, -0.05) is 11.6 Å². The minimum atomic E-state index is -0.151. The van der Waals surface area contributed by atoms with Crippen molar-refractivity contribution in [3.63, 3.8) is 0 Å². The second kappa shape index (κ2) is 5.76. The number of carbonyl (C=O) groups excluding carboxylic acids is 1. The number of nitrogens with zero attached hydrogens (tertiary/aromatic N) is 3. The first-order valence-corrected chi connectivity index (χ1v) is 8.79. The molecule has 1 N–H and O–H groups in total. The number of fused-ring (bicyclic) bond motifs is 2. The zero-order chi connectivity index (χ0) is 16.8. The molecule has 2 saturated carbocycles. The molecule has 4 atom stereocenters. The minimum absolute atomic E-state index is 0.151. The van der Waals surface area contributed by atoms with Gasteiger partial charge in [0.15, 0.2) is 11.5 Å². The van der Waals surface area contributed by atoms with E-state index in [2.05, 4.69) is 22.5 Å². The Hall–Kier alpha value is -2.11. The van der Waals surface area contributed by atoms with Crippen LogP contribution in [0.15, 0.2) is 16.8 Å². The van der Waals surface area contributed by atoms with Gasteiger partial charge in [0, 0.05) is 24.8 Å². The third-order valence-electron chi connectivity index (χ3n) is 6.04. The number of amides is 1. The molecule has 2 bridgehead atoms. The predicted octanol–water partition coefficient (Wildman–Crippen LogP) is 2.94. The molecule has 6 heteroatoms. The van der Waals surface area contributed by atoms with Crippen molar-refractivity contribution in [1.82, 2.24) is 20.3 Å². The van der Waals surface area contributed by atoms with Gasteiger partial charge in [-0.05, 0) is 50.9 Å². The highest BCUT2D eigenvalue weighted by molar-refractivity contribution is 5.93. The Morgan fingerprint density at radius 2 is 2.25 bits per heavy atom. The van der Waals surface area contributed by atoms with Crippen molar-refractivity contribution in [2.45, 2.75) is 45.6 Å². The fourth-order valence-corrected chi connectivity index (χ4v) is 4.54. The van der Waals surface area contributed by atoms with Gasteiger partial charge >= 0.3 is 0 Å². The molecular formula is C18H24N4O2. The molecule has 2 aliphatic rings. The van der Waals surface area contributed by atoms with Crippen LogP contribution in [0.4, 0.5) is 0 Å². The number of aryl methyl sites for hydroxylation is 1. The van der Waals surface area contributed by atoms with Gasteiger partial charge < -0.3 is 9.84 Å². The second-order valence-electron chi connectivity index (χ2n) is 7.44. The lowest BCUT2D eigenvalue weighted by molar-refractivity contribution is 0.0906. The molecule has 2 fully saturated rings. The standard InChI is InChI=1S/C18H24N4O2/c1-10(14-7-12-4-5-13(14)6-12)20-18(23)16-8-17(24-21-16)15-9-19-22(3)11(15)2/h8-10,12-14H,4-7H2,1-3H3,(H,20,23)/t10-,12+,13+,14+/m1/s1. The normalized spacial score (nSPS) is 26.7. The molecule has 2 aliphatic carbocycles. The van der Waals surface area contributed by atoms with Crippen LogP contribution in [0.5, 0.6) is 0 Å². The first kappa shape index (κ1) is 15.4. The number of hydrogen-bond donors (Lipinski definition) is 1. The average molecular weight is 328 g/mol. The predicted molar refractivity (Wildman–Crippen MR) is 89.3 cm³/mol. The highest BCUT2D eigenvalue weighted by Gasteiger charge is 2.42.